The van der Waals surface area contributed by atoms with E-state index in [1.807, 2.05) is 19.0 Å². The maximum Gasteiger partial charge on any atom is 0.430 e. The van der Waals surface area contributed by atoms with Gasteiger partial charge in [0, 0.05) is 13.0 Å². The second-order valence-electron chi connectivity index (χ2n) is 2.43. The SMILES string of the molecule is CN(C)CCC[S+]=S(=O)(O)O. The lowest BCUT2D eigenvalue weighted by molar-refractivity contribution is 0.410. The van der Waals surface area contributed by atoms with Gasteiger partial charge in [0.1, 0.15) is 0 Å². The van der Waals surface area contributed by atoms with Crippen molar-refractivity contribution in [2.75, 3.05) is 26.4 Å². The van der Waals surface area contributed by atoms with Crippen LogP contribution in [0.25, 0.3) is 0 Å². The van der Waals surface area contributed by atoms with Crippen molar-refractivity contribution < 1.29 is 13.3 Å². The molecule has 0 saturated heterocycles. The minimum absolute atomic E-state index is 0.504. The van der Waals surface area contributed by atoms with Gasteiger partial charge in [-0.15, -0.1) is 0 Å². The number of hydrogen-bond acceptors (Lipinski definition) is 2. The smallest absolute Gasteiger partial charge is 0.309 e. The van der Waals surface area contributed by atoms with Crippen LogP contribution in [-0.2, 0) is 19.4 Å². The van der Waals surface area contributed by atoms with Gasteiger partial charge in [0.15, 0.2) is 5.75 Å². The molecule has 0 spiro atoms. The van der Waals surface area contributed by atoms with E-state index in [0.717, 1.165) is 13.0 Å². The second kappa shape index (κ2) is 5.00. The standard InChI is InChI=1S/C5H13NO3S2/c1-6(2)4-3-5-10-11(7,8)9/h3-5H2,1-2H3,(H-,7,8,9)/p+1. The van der Waals surface area contributed by atoms with Crippen LogP contribution in [-0.4, -0.2) is 44.6 Å². The van der Waals surface area contributed by atoms with E-state index in [-0.39, 0.29) is 0 Å². The summed E-state index contributed by atoms with van der Waals surface area (Å²) in [7, 11) is 0.975. The van der Waals surface area contributed by atoms with E-state index in [1.165, 1.54) is 0 Å². The lowest BCUT2D eigenvalue weighted by atomic mass is 10.5. The first kappa shape index (κ1) is 11.2. The van der Waals surface area contributed by atoms with Gasteiger partial charge in [-0.3, -0.25) is 9.11 Å². The normalized spacial score (nSPS) is 12.1. The summed E-state index contributed by atoms with van der Waals surface area (Å²) in [6.45, 7) is 0.864. The molecule has 0 rings (SSSR count). The fourth-order valence-electron chi connectivity index (χ4n) is 0.548. The van der Waals surface area contributed by atoms with Crippen molar-refractivity contribution in [3.63, 3.8) is 0 Å². The Kier molecular flexibility index (Phi) is 5.11. The largest absolute Gasteiger partial charge is 0.430 e. The fraction of sp³-hybridized carbons (Fsp3) is 1.00. The fourth-order valence-corrected chi connectivity index (χ4v) is 2.02. The van der Waals surface area contributed by atoms with E-state index in [4.69, 9.17) is 9.11 Å². The van der Waals surface area contributed by atoms with Crippen molar-refractivity contribution >= 4 is 19.4 Å². The highest BCUT2D eigenvalue weighted by atomic mass is 32.9. The van der Waals surface area contributed by atoms with Crippen LogP contribution in [0.4, 0.5) is 0 Å². The Labute approximate surface area is 70.9 Å². The Balaban J connectivity index is 3.51. The third-order valence-electron chi connectivity index (χ3n) is 0.987. The zero-order valence-corrected chi connectivity index (χ0v) is 8.32. The van der Waals surface area contributed by atoms with Crippen molar-refractivity contribution in [2.24, 2.45) is 0 Å². The highest BCUT2D eigenvalue weighted by Crippen LogP contribution is 1.85. The lowest BCUT2D eigenvalue weighted by Gasteiger charge is -2.04. The van der Waals surface area contributed by atoms with E-state index >= 15 is 0 Å². The van der Waals surface area contributed by atoms with Crippen LogP contribution in [0, 0.1) is 0 Å². The third-order valence-corrected chi connectivity index (χ3v) is 3.17. The predicted molar refractivity (Wildman–Crippen MR) is 48.8 cm³/mol. The molecule has 4 nitrogen and oxygen atoms in total. The van der Waals surface area contributed by atoms with Crippen molar-refractivity contribution in [1.29, 1.82) is 0 Å². The second-order valence-corrected chi connectivity index (χ2v) is 5.98. The summed E-state index contributed by atoms with van der Waals surface area (Å²) >= 11 is 0. The van der Waals surface area contributed by atoms with E-state index < -0.39 is 9.05 Å². The molecule has 0 aliphatic carbocycles. The minimum Gasteiger partial charge on any atom is -0.309 e. The van der Waals surface area contributed by atoms with Crippen LogP contribution in [0.5, 0.6) is 0 Å². The molecule has 0 radical (unpaired) electrons. The summed E-state index contributed by atoms with van der Waals surface area (Å²) in [6.07, 6.45) is 0.801. The zero-order valence-electron chi connectivity index (χ0n) is 6.69. The van der Waals surface area contributed by atoms with Gasteiger partial charge in [-0.25, -0.2) is 0 Å². The van der Waals surface area contributed by atoms with Gasteiger partial charge in [-0.1, -0.05) is 0 Å². The summed E-state index contributed by atoms with van der Waals surface area (Å²) in [5, 5.41) is 0. The maximum absolute atomic E-state index is 10.3. The Morgan fingerprint density at radius 1 is 1.45 bits per heavy atom. The van der Waals surface area contributed by atoms with Crippen molar-refractivity contribution in [1.82, 2.24) is 4.90 Å². The Morgan fingerprint density at radius 2 is 2.00 bits per heavy atom. The molecule has 0 aliphatic rings. The molecule has 0 aromatic heterocycles. The van der Waals surface area contributed by atoms with E-state index in [9.17, 15) is 4.21 Å². The van der Waals surface area contributed by atoms with Crippen molar-refractivity contribution in [3.8, 4) is 0 Å². The first-order valence-corrected chi connectivity index (χ1v) is 6.17. The highest BCUT2D eigenvalue weighted by molar-refractivity contribution is 8.34. The van der Waals surface area contributed by atoms with Crippen molar-refractivity contribution in [3.05, 3.63) is 0 Å². The molecule has 0 aromatic rings. The summed E-state index contributed by atoms with van der Waals surface area (Å²) in [4.78, 5) is 1.98. The summed E-state index contributed by atoms with van der Waals surface area (Å²) < 4.78 is 27.1. The molecule has 6 heteroatoms. The summed E-state index contributed by atoms with van der Waals surface area (Å²) in [6, 6.07) is 0. The van der Waals surface area contributed by atoms with Gasteiger partial charge in [0.05, 0.1) is 0 Å². The van der Waals surface area contributed by atoms with Crippen LogP contribution < -0.4 is 0 Å². The highest BCUT2D eigenvalue weighted by Gasteiger charge is 2.08. The number of rotatable bonds is 4. The van der Waals surface area contributed by atoms with Gasteiger partial charge < -0.3 is 4.90 Å². The zero-order chi connectivity index (χ0) is 8.91. The van der Waals surface area contributed by atoms with E-state index in [0.29, 0.717) is 16.1 Å². The van der Waals surface area contributed by atoms with Crippen LogP contribution >= 0.6 is 0 Å². The monoisotopic (exact) mass is 200 g/mol. The lowest BCUT2D eigenvalue weighted by Crippen LogP contribution is -2.14. The van der Waals surface area contributed by atoms with E-state index in [1.54, 1.807) is 0 Å². The quantitative estimate of drug-likeness (QED) is 0.501. The minimum atomic E-state index is -3.57. The molecular formula is C5H14NO3S2+. The van der Waals surface area contributed by atoms with Gasteiger partial charge in [0.2, 0.25) is 0 Å². The molecule has 0 atom stereocenters. The van der Waals surface area contributed by atoms with Gasteiger partial charge >= 0.3 is 9.05 Å². The third kappa shape index (κ3) is 10.2. The molecular weight excluding hydrogens is 186 g/mol. The van der Waals surface area contributed by atoms with Crippen molar-refractivity contribution in [2.45, 2.75) is 6.42 Å². The predicted octanol–water partition coefficient (Wildman–Crippen LogP) is 0.166. The molecule has 68 valence electrons. The summed E-state index contributed by atoms with van der Waals surface area (Å²) in [5.74, 6) is 0.504. The molecule has 2 N–H and O–H groups in total. The average Bonchev–Trinajstić information content (AvgIpc) is 1.78. The van der Waals surface area contributed by atoms with Crippen LogP contribution in [0.2, 0.25) is 0 Å². The number of hydrogen-bond donors (Lipinski definition) is 2. The first-order chi connectivity index (χ1) is 4.92. The maximum atomic E-state index is 10.3. The van der Waals surface area contributed by atoms with Crippen LogP contribution in [0.3, 0.4) is 0 Å². The molecule has 11 heavy (non-hydrogen) atoms. The van der Waals surface area contributed by atoms with Crippen LogP contribution in [0.1, 0.15) is 6.42 Å². The topological polar surface area (TPSA) is 60.8 Å². The first-order valence-electron chi connectivity index (χ1n) is 3.20. The van der Waals surface area contributed by atoms with E-state index in [2.05, 4.69) is 0 Å². The molecule has 0 aromatic carbocycles. The van der Waals surface area contributed by atoms with Gasteiger partial charge in [0.25, 0.3) is 10.3 Å². The Morgan fingerprint density at radius 3 is 2.36 bits per heavy atom. The Bertz CT molecular complexity index is 200. The van der Waals surface area contributed by atoms with Crippen LogP contribution in [0.15, 0.2) is 0 Å². The molecule has 0 amide bonds. The molecule has 0 unspecified atom stereocenters. The average molecular weight is 200 g/mol. The molecule has 0 aliphatic heterocycles. The Hall–Kier alpha value is 0.250. The summed E-state index contributed by atoms with van der Waals surface area (Å²) in [5.41, 5.74) is 0. The van der Waals surface area contributed by atoms with Gasteiger partial charge in [-0.2, -0.15) is 4.21 Å². The molecule has 0 fully saturated rings. The molecule has 0 bridgehead atoms. The molecule has 0 heterocycles. The van der Waals surface area contributed by atoms with Gasteiger partial charge in [-0.05, 0) is 14.1 Å². The molecule has 0 saturated carbocycles. The number of nitrogens with zero attached hydrogens (tertiary/aromatic N) is 1.